The molecule has 120 valence electrons. The number of hydrogen-bond donors (Lipinski definition) is 1. The molecule has 1 heterocycles. The number of carbonyl (C=O) groups excluding carboxylic acids is 2. The van der Waals surface area contributed by atoms with Gasteiger partial charge >= 0.3 is 0 Å². The van der Waals surface area contributed by atoms with Crippen LogP contribution in [0.1, 0.15) is 20.7 Å². The molecule has 2 aromatic rings. The van der Waals surface area contributed by atoms with Gasteiger partial charge in [-0.15, -0.1) is 0 Å². The highest BCUT2D eigenvalue weighted by atomic mass is 16.5. The predicted molar refractivity (Wildman–Crippen MR) is 85.7 cm³/mol. The highest BCUT2D eigenvalue weighted by Gasteiger charge is 2.32. The number of amides is 2. The van der Waals surface area contributed by atoms with Gasteiger partial charge in [0.05, 0.1) is 6.61 Å². The molecule has 0 saturated carbocycles. The van der Waals surface area contributed by atoms with Crippen LogP contribution in [0.15, 0.2) is 30.3 Å². The number of hydrogen-bond acceptors (Lipinski definition) is 5. The highest BCUT2D eigenvalue weighted by Crippen LogP contribution is 2.35. The van der Waals surface area contributed by atoms with Crippen molar-refractivity contribution in [3.63, 3.8) is 0 Å². The number of rotatable bonds is 6. The summed E-state index contributed by atoms with van der Waals surface area (Å²) < 4.78 is 10.7. The summed E-state index contributed by atoms with van der Waals surface area (Å²) in [7, 11) is 1.60. The largest absolute Gasteiger partial charge is 0.491 e. The smallest absolute Gasteiger partial charge is 0.261 e. The predicted octanol–water partition coefficient (Wildman–Crippen LogP) is 1.42. The number of nitrogens with two attached hydrogens (primary N) is 1. The zero-order valence-corrected chi connectivity index (χ0v) is 12.9. The first kappa shape index (κ1) is 15.5. The van der Waals surface area contributed by atoms with Crippen LogP contribution in [0, 0.1) is 0 Å². The number of nitrogens with zero attached hydrogens (tertiary/aromatic N) is 1. The Morgan fingerprint density at radius 2 is 1.78 bits per heavy atom. The van der Waals surface area contributed by atoms with E-state index in [9.17, 15) is 9.59 Å². The number of ether oxygens (including phenoxy) is 2. The standard InChI is InChI=1S/C17H18N2O4/c1-22-9-10-23-14-6-5-13-15-11(14)3-2-4-12(15)16(20)19(8-7-18)17(13)21/h2-6H,7-10,18H2,1H3. The Balaban J connectivity index is 2.12. The van der Waals surface area contributed by atoms with Gasteiger partial charge in [-0.3, -0.25) is 14.5 Å². The van der Waals surface area contributed by atoms with Crippen LogP contribution in [-0.4, -0.2) is 50.1 Å². The third-order valence-electron chi connectivity index (χ3n) is 3.85. The molecule has 6 heteroatoms. The Kier molecular flexibility index (Phi) is 4.27. The summed E-state index contributed by atoms with van der Waals surface area (Å²) in [4.78, 5) is 26.3. The topological polar surface area (TPSA) is 81.9 Å². The molecular weight excluding hydrogens is 296 g/mol. The van der Waals surface area contributed by atoms with Crippen molar-refractivity contribution < 1.29 is 19.1 Å². The minimum Gasteiger partial charge on any atom is -0.491 e. The summed E-state index contributed by atoms with van der Waals surface area (Å²) in [5.74, 6) is 0.00991. The van der Waals surface area contributed by atoms with Gasteiger partial charge in [-0.05, 0) is 18.2 Å². The molecule has 0 aromatic heterocycles. The molecule has 0 fully saturated rings. The molecule has 2 aromatic carbocycles. The summed E-state index contributed by atoms with van der Waals surface area (Å²) in [5, 5.41) is 1.40. The van der Waals surface area contributed by atoms with E-state index >= 15 is 0 Å². The van der Waals surface area contributed by atoms with Crippen molar-refractivity contribution in [2.75, 3.05) is 33.4 Å². The van der Waals surface area contributed by atoms with Crippen molar-refractivity contribution >= 4 is 22.6 Å². The monoisotopic (exact) mass is 314 g/mol. The summed E-state index contributed by atoms with van der Waals surface area (Å²) in [6, 6.07) is 8.82. The summed E-state index contributed by atoms with van der Waals surface area (Å²) >= 11 is 0. The fourth-order valence-electron chi connectivity index (χ4n) is 2.81. The van der Waals surface area contributed by atoms with Gasteiger partial charge in [0.15, 0.2) is 0 Å². The third kappa shape index (κ3) is 2.56. The third-order valence-corrected chi connectivity index (χ3v) is 3.85. The van der Waals surface area contributed by atoms with E-state index in [-0.39, 0.29) is 24.9 Å². The van der Waals surface area contributed by atoms with Crippen molar-refractivity contribution in [3.05, 3.63) is 41.5 Å². The molecule has 3 rings (SSSR count). The number of benzene rings is 2. The van der Waals surface area contributed by atoms with Crippen LogP contribution in [0.4, 0.5) is 0 Å². The molecule has 0 saturated heterocycles. The van der Waals surface area contributed by atoms with Crippen LogP contribution in [0.5, 0.6) is 5.75 Å². The van der Waals surface area contributed by atoms with Gasteiger partial charge < -0.3 is 15.2 Å². The first-order valence-electron chi connectivity index (χ1n) is 7.42. The molecule has 0 radical (unpaired) electrons. The van der Waals surface area contributed by atoms with Crippen LogP contribution < -0.4 is 10.5 Å². The first-order chi connectivity index (χ1) is 11.2. The molecule has 0 spiro atoms. The van der Waals surface area contributed by atoms with Crippen LogP contribution in [0.25, 0.3) is 10.8 Å². The van der Waals surface area contributed by atoms with Crippen molar-refractivity contribution in [2.45, 2.75) is 0 Å². The molecule has 1 aliphatic rings. The molecule has 6 nitrogen and oxygen atoms in total. The molecular formula is C17H18N2O4. The zero-order valence-electron chi connectivity index (χ0n) is 12.9. The van der Waals surface area contributed by atoms with Gasteiger partial charge in [0.25, 0.3) is 11.8 Å². The fraction of sp³-hybridized carbons (Fsp3) is 0.294. The van der Waals surface area contributed by atoms with E-state index in [1.54, 1.807) is 31.4 Å². The van der Waals surface area contributed by atoms with E-state index in [4.69, 9.17) is 15.2 Å². The van der Waals surface area contributed by atoms with Gasteiger partial charge in [-0.1, -0.05) is 12.1 Å². The van der Waals surface area contributed by atoms with Crippen molar-refractivity contribution in [1.29, 1.82) is 0 Å². The van der Waals surface area contributed by atoms with Gasteiger partial charge in [-0.25, -0.2) is 0 Å². The Hall–Kier alpha value is -2.44. The normalized spacial score (nSPS) is 13.7. The summed E-state index contributed by atoms with van der Waals surface area (Å²) in [6.07, 6.45) is 0. The second-order valence-electron chi connectivity index (χ2n) is 5.23. The second-order valence-corrected chi connectivity index (χ2v) is 5.23. The first-order valence-corrected chi connectivity index (χ1v) is 7.42. The molecule has 0 atom stereocenters. The minimum absolute atomic E-state index is 0.208. The van der Waals surface area contributed by atoms with Gasteiger partial charge in [0, 0.05) is 42.1 Å². The van der Waals surface area contributed by atoms with Crippen LogP contribution in [0.3, 0.4) is 0 Å². The Bertz CT molecular complexity index is 750. The Morgan fingerprint density at radius 1 is 1.04 bits per heavy atom. The van der Waals surface area contributed by atoms with Crippen molar-refractivity contribution in [2.24, 2.45) is 5.73 Å². The van der Waals surface area contributed by atoms with Gasteiger partial charge in [-0.2, -0.15) is 0 Å². The zero-order chi connectivity index (χ0) is 16.4. The maximum atomic E-state index is 12.6. The SMILES string of the molecule is COCCOc1ccc2c3c(cccc13)C(=O)N(CCN)C2=O. The van der Waals surface area contributed by atoms with E-state index < -0.39 is 0 Å². The van der Waals surface area contributed by atoms with E-state index in [0.717, 1.165) is 5.39 Å². The number of imide groups is 1. The van der Waals surface area contributed by atoms with Crippen LogP contribution >= 0.6 is 0 Å². The van der Waals surface area contributed by atoms with Gasteiger partial charge in [0.1, 0.15) is 12.4 Å². The lowest BCUT2D eigenvalue weighted by Gasteiger charge is -2.27. The van der Waals surface area contributed by atoms with E-state index in [2.05, 4.69) is 0 Å². The maximum absolute atomic E-state index is 12.6. The molecule has 0 bridgehead atoms. The van der Waals surface area contributed by atoms with E-state index in [1.165, 1.54) is 4.90 Å². The average molecular weight is 314 g/mol. The molecule has 2 amide bonds. The lowest BCUT2D eigenvalue weighted by atomic mass is 9.93. The Labute approximate surface area is 133 Å². The maximum Gasteiger partial charge on any atom is 0.261 e. The quantitative estimate of drug-likeness (QED) is 0.644. The highest BCUT2D eigenvalue weighted by molar-refractivity contribution is 6.26. The van der Waals surface area contributed by atoms with Crippen LogP contribution in [0.2, 0.25) is 0 Å². The van der Waals surface area contributed by atoms with Crippen molar-refractivity contribution in [3.8, 4) is 5.75 Å². The average Bonchev–Trinajstić information content (AvgIpc) is 2.57. The minimum atomic E-state index is -0.312. The molecule has 23 heavy (non-hydrogen) atoms. The molecule has 2 N–H and O–H groups in total. The molecule has 0 aliphatic carbocycles. The molecule has 0 unspecified atom stereocenters. The molecule has 1 aliphatic heterocycles. The van der Waals surface area contributed by atoms with Gasteiger partial charge in [0.2, 0.25) is 0 Å². The van der Waals surface area contributed by atoms with Crippen LogP contribution in [-0.2, 0) is 4.74 Å². The summed E-state index contributed by atoms with van der Waals surface area (Å²) in [6.45, 7) is 1.31. The number of carbonyl (C=O) groups is 2. The number of methoxy groups -OCH3 is 1. The Morgan fingerprint density at radius 3 is 2.48 bits per heavy atom. The van der Waals surface area contributed by atoms with E-state index in [0.29, 0.717) is 35.5 Å². The lowest BCUT2D eigenvalue weighted by Crippen LogP contribution is -2.43. The second kappa shape index (κ2) is 6.36. The van der Waals surface area contributed by atoms with E-state index in [1.807, 2.05) is 6.07 Å². The van der Waals surface area contributed by atoms with Crippen molar-refractivity contribution in [1.82, 2.24) is 4.90 Å². The summed E-state index contributed by atoms with van der Waals surface area (Å²) in [5.41, 5.74) is 6.52. The fourth-order valence-corrected chi connectivity index (χ4v) is 2.81. The lowest BCUT2D eigenvalue weighted by molar-refractivity contribution is 0.0615.